The van der Waals surface area contributed by atoms with Gasteiger partial charge in [-0.1, -0.05) is 0 Å². The van der Waals surface area contributed by atoms with E-state index in [-0.39, 0.29) is 17.5 Å². The molecule has 1 aromatic carbocycles. The molecule has 0 spiro atoms. The van der Waals surface area contributed by atoms with Crippen LogP contribution in [0.1, 0.15) is 45.5 Å². The Labute approximate surface area is 117 Å². The number of hydrogen-bond acceptors (Lipinski definition) is 3. The lowest BCUT2D eigenvalue weighted by molar-refractivity contribution is 0.0696. The second kappa shape index (κ2) is 6.52. The number of amides is 1. The van der Waals surface area contributed by atoms with Crippen molar-refractivity contribution in [1.29, 1.82) is 0 Å². The highest BCUT2D eigenvalue weighted by atomic mass is 16.5. The van der Waals surface area contributed by atoms with E-state index in [1.807, 2.05) is 0 Å². The maximum Gasteiger partial charge on any atom is 0.335 e. The molecule has 1 aromatic rings. The smallest absolute Gasteiger partial charge is 0.335 e. The number of benzene rings is 1. The van der Waals surface area contributed by atoms with Crippen LogP contribution in [0, 0.1) is 6.92 Å². The van der Waals surface area contributed by atoms with Gasteiger partial charge in [0.25, 0.3) is 5.91 Å². The van der Waals surface area contributed by atoms with E-state index in [1.54, 1.807) is 19.1 Å². The Morgan fingerprint density at radius 1 is 1.20 bits per heavy atom. The Morgan fingerprint density at radius 2 is 1.95 bits per heavy atom. The van der Waals surface area contributed by atoms with Crippen molar-refractivity contribution in [3.05, 3.63) is 34.9 Å². The third-order valence-corrected chi connectivity index (χ3v) is 3.37. The van der Waals surface area contributed by atoms with Crippen molar-refractivity contribution in [3.63, 3.8) is 0 Å². The first-order valence-corrected chi connectivity index (χ1v) is 6.80. The fraction of sp³-hybridized carbons (Fsp3) is 0.467. The summed E-state index contributed by atoms with van der Waals surface area (Å²) in [6.07, 6.45) is 2.62. The number of carbonyl (C=O) groups excluding carboxylic acids is 1. The Bertz CT molecular complexity index is 505. The number of carboxylic acids is 1. The van der Waals surface area contributed by atoms with Gasteiger partial charge < -0.3 is 15.2 Å². The normalized spacial score (nSPS) is 19.1. The van der Waals surface area contributed by atoms with Gasteiger partial charge in [-0.05, 0) is 49.9 Å². The molecule has 1 saturated heterocycles. The molecule has 20 heavy (non-hydrogen) atoms. The van der Waals surface area contributed by atoms with Gasteiger partial charge in [-0.2, -0.15) is 0 Å². The zero-order valence-corrected chi connectivity index (χ0v) is 11.5. The molecule has 1 heterocycles. The minimum Gasteiger partial charge on any atom is -0.478 e. The van der Waals surface area contributed by atoms with Crippen molar-refractivity contribution >= 4 is 11.9 Å². The van der Waals surface area contributed by atoms with Crippen LogP contribution in [0.15, 0.2) is 18.2 Å². The summed E-state index contributed by atoms with van der Waals surface area (Å²) in [5.74, 6) is -1.24. The molecule has 0 aliphatic carbocycles. The van der Waals surface area contributed by atoms with Crippen molar-refractivity contribution in [1.82, 2.24) is 5.32 Å². The third kappa shape index (κ3) is 3.81. The SMILES string of the molecule is Cc1cc(C(=O)O)cc(C(=O)NC2CCCOCC2)c1. The lowest BCUT2D eigenvalue weighted by atomic mass is 10.0. The summed E-state index contributed by atoms with van der Waals surface area (Å²) < 4.78 is 5.35. The molecule has 1 fully saturated rings. The first-order valence-electron chi connectivity index (χ1n) is 6.80. The van der Waals surface area contributed by atoms with E-state index in [4.69, 9.17) is 9.84 Å². The number of carbonyl (C=O) groups is 2. The molecule has 0 radical (unpaired) electrons. The number of aryl methyl sites for hydroxylation is 1. The van der Waals surface area contributed by atoms with Crippen LogP contribution in [0.5, 0.6) is 0 Å². The van der Waals surface area contributed by atoms with Crippen molar-refractivity contribution in [2.24, 2.45) is 0 Å². The Morgan fingerprint density at radius 3 is 2.70 bits per heavy atom. The average molecular weight is 277 g/mol. The Kier molecular flexibility index (Phi) is 4.74. The van der Waals surface area contributed by atoms with Gasteiger partial charge in [0.05, 0.1) is 5.56 Å². The van der Waals surface area contributed by atoms with Crippen LogP contribution in [0.2, 0.25) is 0 Å². The molecule has 1 aliphatic heterocycles. The van der Waals surface area contributed by atoms with Crippen molar-refractivity contribution in [2.75, 3.05) is 13.2 Å². The predicted molar refractivity (Wildman–Crippen MR) is 74.1 cm³/mol. The van der Waals surface area contributed by atoms with E-state index in [0.717, 1.165) is 31.4 Å². The van der Waals surface area contributed by atoms with Crippen molar-refractivity contribution in [3.8, 4) is 0 Å². The van der Waals surface area contributed by atoms with Gasteiger partial charge in [-0.15, -0.1) is 0 Å². The predicted octanol–water partition coefficient (Wildman–Crippen LogP) is 1.99. The van der Waals surface area contributed by atoms with Gasteiger partial charge >= 0.3 is 5.97 Å². The molecular formula is C15H19NO4. The van der Waals surface area contributed by atoms with Crippen LogP contribution in [0.3, 0.4) is 0 Å². The van der Waals surface area contributed by atoms with E-state index in [9.17, 15) is 9.59 Å². The summed E-state index contributed by atoms with van der Waals surface area (Å²) in [4.78, 5) is 23.2. The Hall–Kier alpha value is -1.88. The maximum atomic E-state index is 12.2. The number of aromatic carboxylic acids is 1. The topological polar surface area (TPSA) is 75.6 Å². The monoisotopic (exact) mass is 277 g/mol. The van der Waals surface area contributed by atoms with Gasteiger partial charge in [-0.25, -0.2) is 4.79 Å². The van der Waals surface area contributed by atoms with Crippen LogP contribution in [-0.4, -0.2) is 36.2 Å². The van der Waals surface area contributed by atoms with Gasteiger partial charge in [0.2, 0.25) is 0 Å². The molecule has 1 amide bonds. The van der Waals surface area contributed by atoms with Crippen LogP contribution in [0.25, 0.3) is 0 Å². The minimum atomic E-state index is -1.02. The molecule has 0 bridgehead atoms. The average Bonchev–Trinajstić information content (AvgIpc) is 2.66. The van der Waals surface area contributed by atoms with E-state index < -0.39 is 5.97 Å². The summed E-state index contributed by atoms with van der Waals surface area (Å²) >= 11 is 0. The van der Waals surface area contributed by atoms with Crippen LogP contribution < -0.4 is 5.32 Å². The van der Waals surface area contributed by atoms with E-state index in [2.05, 4.69) is 5.32 Å². The number of rotatable bonds is 3. The van der Waals surface area contributed by atoms with Gasteiger partial charge in [-0.3, -0.25) is 4.79 Å². The van der Waals surface area contributed by atoms with Gasteiger partial charge in [0, 0.05) is 24.8 Å². The highest BCUT2D eigenvalue weighted by Gasteiger charge is 2.17. The second-order valence-electron chi connectivity index (χ2n) is 5.11. The minimum absolute atomic E-state index is 0.0961. The van der Waals surface area contributed by atoms with Crippen LogP contribution in [-0.2, 0) is 4.74 Å². The molecule has 0 aromatic heterocycles. The summed E-state index contributed by atoms with van der Waals surface area (Å²) in [7, 11) is 0. The molecule has 1 unspecified atom stereocenters. The molecule has 2 rings (SSSR count). The summed E-state index contributed by atoms with van der Waals surface area (Å²) in [5.41, 5.74) is 1.30. The number of nitrogens with one attached hydrogen (secondary N) is 1. The van der Waals surface area contributed by atoms with Crippen LogP contribution >= 0.6 is 0 Å². The quantitative estimate of drug-likeness (QED) is 0.886. The molecule has 0 saturated carbocycles. The second-order valence-corrected chi connectivity index (χ2v) is 5.11. The van der Waals surface area contributed by atoms with Crippen molar-refractivity contribution < 1.29 is 19.4 Å². The summed E-state index contributed by atoms with van der Waals surface area (Å²) in [5, 5.41) is 12.0. The lowest BCUT2D eigenvalue weighted by Gasteiger charge is -2.16. The summed E-state index contributed by atoms with van der Waals surface area (Å²) in [6.45, 7) is 3.17. The summed E-state index contributed by atoms with van der Waals surface area (Å²) in [6, 6.07) is 4.77. The van der Waals surface area contributed by atoms with E-state index >= 15 is 0 Å². The molecular weight excluding hydrogens is 258 g/mol. The first kappa shape index (κ1) is 14.5. The Balaban J connectivity index is 2.10. The molecule has 108 valence electrons. The van der Waals surface area contributed by atoms with Gasteiger partial charge in [0.15, 0.2) is 0 Å². The van der Waals surface area contributed by atoms with E-state index in [0.29, 0.717) is 12.2 Å². The highest BCUT2D eigenvalue weighted by molar-refractivity contribution is 5.97. The molecule has 1 aliphatic rings. The van der Waals surface area contributed by atoms with Crippen molar-refractivity contribution in [2.45, 2.75) is 32.2 Å². The fourth-order valence-corrected chi connectivity index (χ4v) is 2.35. The van der Waals surface area contributed by atoms with Crippen LogP contribution in [0.4, 0.5) is 0 Å². The largest absolute Gasteiger partial charge is 0.478 e. The maximum absolute atomic E-state index is 12.2. The van der Waals surface area contributed by atoms with Gasteiger partial charge in [0.1, 0.15) is 0 Å². The number of hydrogen-bond donors (Lipinski definition) is 2. The molecule has 1 atom stereocenters. The third-order valence-electron chi connectivity index (χ3n) is 3.37. The molecule has 2 N–H and O–H groups in total. The zero-order valence-electron chi connectivity index (χ0n) is 11.5. The molecule has 5 heteroatoms. The number of carboxylic acid groups (broad SMARTS) is 1. The van der Waals surface area contributed by atoms with E-state index in [1.165, 1.54) is 6.07 Å². The molecule has 5 nitrogen and oxygen atoms in total. The standard InChI is InChI=1S/C15H19NO4/c1-10-7-11(9-12(8-10)15(18)19)14(17)16-13-3-2-5-20-6-4-13/h7-9,13H,2-6H2,1H3,(H,16,17)(H,18,19). The highest BCUT2D eigenvalue weighted by Crippen LogP contribution is 2.13. The first-order chi connectivity index (χ1) is 9.56. The number of ether oxygens (including phenoxy) is 1. The fourth-order valence-electron chi connectivity index (χ4n) is 2.35. The lowest BCUT2D eigenvalue weighted by Crippen LogP contribution is -2.35. The zero-order chi connectivity index (χ0) is 14.5.